The fourth-order valence-corrected chi connectivity index (χ4v) is 2.75. The van der Waals surface area contributed by atoms with Crippen molar-refractivity contribution in [1.29, 1.82) is 0 Å². The Labute approximate surface area is 173 Å². The molecule has 2 amide bonds. The molecule has 0 aromatic carbocycles. The SMILES string of the molecule is CC(C)(C)OC(=O)N[C@@H](CCN(C(=O)OC(C)(C)C)c1ncc(C=O)s1)C(=O)O. The van der Waals surface area contributed by atoms with Gasteiger partial charge < -0.3 is 19.9 Å². The molecule has 1 atom stereocenters. The zero-order valence-corrected chi connectivity index (χ0v) is 18.2. The molecule has 0 aliphatic heterocycles. The third-order valence-electron chi connectivity index (χ3n) is 3.10. The van der Waals surface area contributed by atoms with Crippen molar-refractivity contribution < 1.29 is 33.8 Å². The summed E-state index contributed by atoms with van der Waals surface area (Å²) in [6.45, 7) is 9.90. The quantitative estimate of drug-likeness (QED) is 0.631. The number of amides is 2. The highest BCUT2D eigenvalue weighted by Crippen LogP contribution is 2.24. The molecule has 0 saturated carbocycles. The molecule has 10 nitrogen and oxygen atoms in total. The molecule has 2 N–H and O–H groups in total. The number of carboxylic acids is 1. The third-order valence-corrected chi connectivity index (χ3v) is 4.05. The Morgan fingerprint density at radius 1 is 1.21 bits per heavy atom. The van der Waals surface area contributed by atoms with Gasteiger partial charge in [0.25, 0.3) is 0 Å². The Hall–Kier alpha value is -2.69. The molecule has 0 fully saturated rings. The van der Waals surface area contributed by atoms with Crippen molar-refractivity contribution in [1.82, 2.24) is 10.3 Å². The summed E-state index contributed by atoms with van der Waals surface area (Å²) in [6.07, 6.45) is 0.136. The van der Waals surface area contributed by atoms with Gasteiger partial charge in [-0.3, -0.25) is 9.69 Å². The molecule has 0 aliphatic rings. The van der Waals surface area contributed by atoms with Gasteiger partial charge in [0.15, 0.2) is 11.4 Å². The summed E-state index contributed by atoms with van der Waals surface area (Å²) in [6, 6.07) is -1.31. The summed E-state index contributed by atoms with van der Waals surface area (Å²) in [7, 11) is 0. The van der Waals surface area contributed by atoms with Gasteiger partial charge in [0, 0.05) is 6.54 Å². The molecule has 1 rings (SSSR count). The van der Waals surface area contributed by atoms with Gasteiger partial charge in [-0.1, -0.05) is 11.3 Å². The predicted octanol–water partition coefficient (Wildman–Crippen LogP) is 3.07. The van der Waals surface area contributed by atoms with Crippen LogP contribution in [0, 0.1) is 0 Å². The van der Waals surface area contributed by atoms with Gasteiger partial charge >= 0.3 is 18.2 Å². The van der Waals surface area contributed by atoms with Gasteiger partial charge in [-0.15, -0.1) is 0 Å². The fourth-order valence-electron chi connectivity index (χ4n) is 2.00. The van der Waals surface area contributed by atoms with Gasteiger partial charge in [-0.05, 0) is 48.0 Å². The predicted molar refractivity (Wildman–Crippen MR) is 106 cm³/mol. The van der Waals surface area contributed by atoms with Crippen LogP contribution in [0.1, 0.15) is 57.6 Å². The van der Waals surface area contributed by atoms with Gasteiger partial charge in [0.1, 0.15) is 17.2 Å². The molecule has 0 radical (unpaired) electrons. The van der Waals surface area contributed by atoms with E-state index in [9.17, 15) is 24.3 Å². The number of anilines is 1. The standard InChI is InChI=1S/C18H27N3O7S/c1-17(2,3)27-15(25)20-12(13(23)24)7-8-21(16(26)28-18(4,5)6)14-19-9-11(10-22)29-14/h9-10,12H,7-8H2,1-6H3,(H,20,25)(H,23,24)/t12-/m0/s1. The molecule has 162 valence electrons. The number of hydrogen-bond acceptors (Lipinski definition) is 8. The van der Waals surface area contributed by atoms with Crippen LogP contribution in [0.2, 0.25) is 0 Å². The molecule has 0 spiro atoms. The highest BCUT2D eigenvalue weighted by Gasteiger charge is 2.29. The number of carboxylic acid groups (broad SMARTS) is 1. The fraction of sp³-hybridized carbons (Fsp3) is 0.611. The number of carbonyl (C=O) groups is 4. The number of ether oxygens (including phenoxy) is 2. The molecule has 29 heavy (non-hydrogen) atoms. The number of alkyl carbamates (subject to hydrolysis) is 1. The zero-order chi connectivity index (χ0) is 22.4. The van der Waals surface area contributed by atoms with Crippen molar-refractivity contribution in [2.45, 2.75) is 65.2 Å². The maximum absolute atomic E-state index is 12.6. The highest BCUT2D eigenvalue weighted by atomic mass is 32.1. The normalized spacial score (nSPS) is 12.6. The first kappa shape index (κ1) is 24.3. The van der Waals surface area contributed by atoms with Gasteiger partial charge in [-0.25, -0.2) is 19.4 Å². The summed E-state index contributed by atoms with van der Waals surface area (Å²) in [5.74, 6) is -1.28. The van der Waals surface area contributed by atoms with Crippen LogP contribution in [0.15, 0.2) is 6.20 Å². The smallest absolute Gasteiger partial charge is 0.416 e. The van der Waals surface area contributed by atoms with Crippen molar-refractivity contribution in [2.75, 3.05) is 11.4 Å². The van der Waals surface area contributed by atoms with E-state index in [2.05, 4.69) is 10.3 Å². The molecule has 0 unspecified atom stereocenters. The first-order valence-corrected chi connectivity index (χ1v) is 9.67. The van der Waals surface area contributed by atoms with E-state index in [1.165, 1.54) is 6.20 Å². The van der Waals surface area contributed by atoms with E-state index in [1.54, 1.807) is 41.5 Å². The molecular formula is C18H27N3O7S. The van der Waals surface area contributed by atoms with E-state index in [4.69, 9.17) is 9.47 Å². The monoisotopic (exact) mass is 429 g/mol. The Morgan fingerprint density at radius 3 is 2.24 bits per heavy atom. The summed E-state index contributed by atoms with van der Waals surface area (Å²) in [4.78, 5) is 52.4. The van der Waals surface area contributed by atoms with Crippen LogP contribution in [0.4, 0.5) is 14.7 Å². The van der Waals surface area contributed by atoms with E-state index in [0.717, 1.165) is 16.2 Å². The summed E-state index contributed by atoms with van der Waals surface area (Å²) < 4.78 is 10.4. The van der Waals surface area contributed by atoms with Crippen molar-refractivity contribution in [3.05, 3.63) is 11.1 Å². The minimum Gasteiger partial charge on any atom is -0.480 e. The number of aldehydes is 1. The van der Waals surface area contributed by atoms with Crippen molar-refractivity contribution in [3.63, 3.8) is 0 Å². The van der Waals surface area contributed by atoms with Crippen molar-refractivity contribution in [2.24, 2.45) is 0 Å². The first-order valence-electron chi connectivity index (χ1n) is 8.85. The number of nitrogens with one attached hydrogen (secondary N) is 1. The molecule has 11 heteroatoms. The molecule has 1 heterocycles. The molecular weight excluding hydrogens is 402 g/mol. The zero-order valence-electron chi connectivity index (χ0n) is 17.3. The Balaban J connectivity index is 2.95. The van der Waals surface area contributed by atoms with Gasteiger partial charge in [-0.2, -0.15) is 0 Å². The van der Waals surface area contributed by atoms with Crippen molar-refractivity contribution >= 4 is 40.9 Å². The van der Waals surface area contributed by atoms with E-state index >= 15 is 0 Å². The van der Waals surface area contributed by atoms with E-state index in [-0.39, 0.29) is 18.1 Å². The highest BCUT2D eigenvalue weighted by molar-refractivity contribution is 7.17. The molecule has 0 aliphatic carbocycles. The lowest BCUT2D eigenvalue weighted by molar-refractivity contribution is -0.139. The van der Waals surface area contributed by atoms with Crippen molar-refractivity contribution in [3.8, 4) is 0 Å². The minimum atomic E-state index is -1.31. The van der Waals surface area contributed by atoms with Crippen LogP contribution in [0.3, 0.4) is 0 Å². The number of aliphatic carboxylic acids is 1. The largest absolute Gasteiger partial charge is 0.480 e. The topological polar surface area (TPSA) is 135 Å². The lowest BCUT2D eigenvalue weighted by atomic mass is 10.2. The van der Waals surface area contributed by atoms with E-state index < -0.39 is 35.4 Å². The molecule has 1 aromatic heterocycles. The molecule has 1 aromatic rings. The lowest BCUT2D eigenvalue weighted by Crippen LogP contribution is -2.46. The molecule has 0 saturated heterocycles. The maximum Gasteiger partial charge on any atom is 0.416 e. The average molecular weight is 429 g/mol. The lowest BCUT2D eigenvalue weighted by Gasteiger charge is -2.27. The van der Waals surface area contributed by atoms with Crippen LogP contribution in [0.5, 0.6) is 0 Å². The number of nitrogens with zero attached hydrogens (tertiary/aromatic N) is 2. The van der Waals surface area contributed by atoms with E-state index in [0.29, 0.717) is 11.2 Å². The Bertz CT molecular complexity index is 749. The Morgan fingerprint density at radius 2 is 1.79 bits per heavy atom. The third kappa shape index (κ3) is 8.90. The Kier molecular flexibility index (Phi) is 8.13. The average Bonchev–Trinajstić information content (AvgIpc) is 2.99. The maximum atomic E-state index is 12.6. The van der Waals surface area contributed by atoms with Gasteiger partial charge in [0.2, 0.25) is 0 Å². The summed E-state index contributed by atoms with van der Waals surface area (Å²) in [5.41, 5.74) is -1.58. The van der Waals surface area contributed by atoms with Crippen LogP contribution < -0.4 is 10.2 Å². The van der Waals surface area contributed by atoms with Crippen LogP contribution in [-0.4, -0.2) is 58.3 Å². The summed E-state index contributed by atoms with van der Waals surface area (Å²) >= 11 is 0.964. The minimum absolute atomic E-state index is 0.118. The van der Waals surface area contributed by atoms with Crippen LogP contribution in [-0.2, 0) is 14.3 Å². The summed E-state index contributed by atoms with van der Waals surface area (Å²) in [5, 5.41) is 11.9. The van der Waals surface area contributed by atoms with Gasteiger partial charge in [0.05, 0.1) is 11.1 Å². The number of aromatic nitrogens is 1. The van der Waals surface area contributed by atoms with Crippen LogP contribution in [0.25, 0.3) is 0 Å². The number of hydrogen-bond donors (Lipinski definition) is 2. The molecule has 0 bridgehead atoms. The number of carbonyl (C=O) groups excluding carboxylic acids is 3. The van der Waals surface area contributed by atoms with E-state index in [1.807, 2.05) is 0 Å². The second-order valence-corrected chi connectivity index (χ2v) is 9.16. The first-order chi connectivity index (χ1) is 13.2. The second kappa shape index (κ2) is 9.68. The van der Waals surface area contributed by atoms with Crippen LogP contribution >= 0.6 is 11.3 Å². The second-order valence-electron chi connectivity index (χ2n) is 8.12. The number of rotatable bonds is 7. The number of thiazole rings is 1.